The van der Waals surface area contributed by atoms with Crippen LogP contribution in [-0.2, 0) is 0 Å². The minimum Gasteiger partial charge on any atom is -0.493 e. The molecule has 17 heavy (non-hydrogen) atoms. The number of halogens is 1. The number of aliphatic hydroxyl groups excluding tert-OH is 1. The third-order valence-corrected chi connectivity index (χ3v) is 3.05. The molecule has 1 rings (SSSR count). The molecule has 2 nitrogen and oxygen atoms in total. The summed E-state index contributed by atoms with van der Waals surface area (Å²) in [5.74, 6) is 0.584. The summed E-state index contributed by atoms with van der Waals surface area (Å²) in [6.45, 7) is 6.44. The van der Waals surface area contributed by atoms with Gasteiger partial charge in [0.2, 0.25) is 0 Å². The monoisotopic (exact) mass is 240 g/mol. The van der Waals surface area contributed by atoms with E-state index in [1.54, 1.807) is 13.0 Å². The first-order chi connectivity index (χ1) is 8.08. The smallest absolute Gasteiger partial charge is 0.128 e. The Morgan fingerprint density at radius 1 is 1.29 bits per heavy atom. The molecule has 0 aliphatic rings. The summed E-state index contributed by atoms with van der Waals surface area (Å²) in [6, 6.07) is 4.25. The summed E-state index contributed by atoms with van der Waals surface area (Å²) < 4.78 is 18.8. The molecule has 0 radical (unpaired) electrons. The molecule has 1 atom stereocenters. The maximum absolute atomic E-state index is 13.1. The molecule has 0 bridgehead atoms. The van der Waals surface area contributed by atoms with Crippen molar-refractivity contribution >= 4 is 0 Å². The molecule has 1 unspecified atom stereocenters. The number of aliphatic hydroxyl groups is 1. The molecular weight excluding hydrogens is 219 g/mol. The van der Waals surface area contributed by atoms with Crippen molar-refractivity contribution < 1.29 is 14.2 Å². The van der Waals surface area contributed by atoms with Crippen LogP contribution in [0.4, 0.5) is 4.39 Å². The average Bonchev–Trinajstić information content (AvgIpc) is 2.30. The molecule has 1 N–H and O–H groups in total. The van der Waals surface area contributed by atoms with Crippen molar-refractivity contribution in [1.29, 1.82) is 0 Å². The van der Waals surface area contributed by atoms with Crippen LogP contribution in [0.2, 0.25) is 0 Å². The fraction of sp³-hybridized carbons (Fsp3) is 0.571. The standard InChI is InChI=1S/C14H21FO2/c1-4-11(5-2)9-17-14-8-12(15)6-7-13(14)10(3)16/h6-8,10-11,16H,4-5,9H2,1-3H3. The highest BCUT2D eigenvalue weighted by molar-refractivity contribution is 5.35. The lowest BCUT2D eigenvalue weighted by Gasteiger charge is -2.17. The van der Waals surface area contributed by atoms with Gasteiger partial charge in [0.1, 0.15) is 11.6 Å². The topological polar surface area (TPSA) is 29.5 Å². The maximum Gasteiger partial charge on any atom is 0.128 e. The lowest BCUT2D eigenvalue weighted by atomic mass is 10.1. The van der Waals surface area contributed by atoms with Crippen LogP contribution < -0.4 is 4.74 Å². The molecule has 0 amide bonds. The number of hydrogen-bond acceptors (Lipinski definition) is 2. The molecule has 3 heteroatoms. The molecule has 1 aromatic carbocycles. The number of hydrogen-bond donors (Lipinski definition) is 1. The van der Waals surface area contributed by atoms with E-state index in [4.69, 9.17) is 4.74 Å². The Balaban J connectivity index is 2.78. The number of rotatable bonds is 6. The van der Waals surface area contributed by atoms with E-state index in [1.165, 1.54) is 12.1 Å². The summed E-state index contributed by atoms with van der Waals surface area (Å²) in [5, 5.41) is 9.57. The maximum atomic E-state index is 13.1. The van der Waals surface area contributed by atoms with Crippen molar-refractivity contribution in [1.82, 2.24) is 0 Å². The van der Waals surface area contributed by atoms with Crippen LogP contribution in [0, 0.1) is 11.7 Å². The van der Waals surface area contributed by atoms with E-state index in [-0.39, 0.29) is 5.82 Å². The molecule has 96 valence electrons. The highest BCUT2D eigenvalue weighted by Gasteiger charge is 2.12. The van der Waals surface area contributed by atoms with E-state index in [0.29, 0.717) is 23.8 Å². The Kier molecular flexibility index (Phi) is 5.42. The fourth-order valence-corrected chi connectivity index (χ4v) is 1.71. The Morgan fingerprint density at radius 3 is 2.47 bits per heavy atom. The van der Waals surface area contributed by atoms with Crippen molar-refractivity contribution in [3.05, 3.63) is 29.6 Å². The van der Waals surface area contributed by atoms with E-state index in [9.17, 15) is 9.50 Å². The lowest BCUT2D eigenvalue weighted by molar-refractivity contribution is 0.184. The molecule has 0 heterocycles. The third-order valence-electron chi connectivity index (χ3n) is 3.05. The van der Waals surface area contributed by atoms with Gasteiger partial charge in [-0.1, -0.05) is 26.7 Å². The zero-order valence-corrected chi connectivity index (χ0v) is 10.7. The predicted octanol–water partition coefficient (Wildman–Crippen LogP) is 3.69. The molecule has 0 aliphatic carbocycles. The molecule has 0 saturated carbocycles. The molecule has 0 aliphatic heterocycles. The molecule has 0 saturated heterocycles. The van der Waals surface area contributed by atoms with Gasteiger partial charge >= 0.3 is 0 Å². The van der Waals surface area contributed by atoms with Gasteiger partial charge < -0.3 is 9.84 Å². The largest absolute Gasteiger partial charge is 0.493 e. The quantitative estimate of drug-likeness (QED) is 0.821. The average molecular weight is 240 g/mol. The number of ether oxygens (including phenoxy) is 1. The van der Waals surface area contributed by atoms with E-state index in [1.807, 2.05) is 0 Å². The van der Waals surface area contributed by atoms with Crippen LogP contribution in [0.5, 0.6) is 5.75 Å². The van der Waals surface area contributed by atoms with Gasteiger partial charge in [-0.25, -0.2) is 4.39 Å². The van der Waals surface area contributed by atoms with Crippen molar-refractivity contribution in [2.45, 2.75) is 39.7 Å². The van der Waals surface area contributed by atoms with Crippen molar-refractivity contribution in [3.8, 4) is 5.75 Å². The highest BCUT2D eigenvalue weighted by atomic mass is 19.1. The first-order valence-corrected chi connectivity index (χ1v) is 6.18. The van der Waals surface area contributed by atoms with Crippen LogP contribution in [0.15, 0.2) is 18.2 Å². The summed E-state index contributed by atoms with van der Waals surface area (Å²) in [6.07, 6.45) is 1.43. The van der Waals surface area contributed by atoms with Crippen molar-refractivity contribution in [3.63, 3.8) is 0 Å². The van der Waals surface area contributed by atoms with Crippen LogP contribution in [-0.4, -0.2) is 11.7 Å². The second-order valence-electron chi connectivity index (χ2n) is 4.35. The van der Waals surface area contributed by atoms with Gasteiger partial charge in [0.15, 0.2) is 0 Å². The van der Waals surface area contributed by atoms with E-state index >= 15 is 0 Å². The van der Waals surface area contributed by atoms with Gasteiger partial charge in [-0.05, 0) is 25.0 Å². The minimum absolute atomic E-state index is 0.339. The van der Waals surface area contributed by atoms with Crippen LogP contribution in [0.3, 0.4) is 0 Å². The second-order valence-corrected chi connectivity index (χ2v) is 4.35. The van der Waals surface area contributed by atoms with Gasteiger partial charge in [0, 0.05) is 11.6 Å². The van der Waals surface area contributed by atoms with Crippen molar-refractivity contribution in [2.24, 2.45) is 5.92 Å². The number of benzene rings is 1. The van der Waals surface area contributed by atoms with Gasteiger partial charge in [-0.15, -0.1) is 0 Å². The molecule has 0 aromatic heterocycles. The first-order valence-electron chi connectivity index (χ1n) is 6.18. The zero-order valence-electron chi connectivity index (χ0n) is 10.7. The molecular formula is C14H21FO2. The van der Waals surface area contributed by atoms with Gasteiger partial charge in [-0.3, -0.25) is 0 Å². The highest BCUT2D eigenvalue weighted by Crippen LogP contribution is 2.26. The predicted molar refractivity (Wildman–Crippen MR) is 66.6 cm³/mol. The third kappa shape index (κ3) is 4.00. The first kappa shape index (κ1) is 14.0. The fourth-order valence-electron chi connectivity index (χ4n) is 1.71. The summed E-state index contributed by atoms with van der Waals surface area (Å²) in [4.78, 5) is 0. The minimum atomic E-state index is -0.646. The van der Waals surface area contributed by atoms with Gasteiger partial charge in [-0.2, -0.15) is 0 Å². The Morgan fingerprint density at radius 2 is 1.94 bits per heavy atom. The normalized spacial score (nSPS) is 12.8. The van der Waals surface area contributed by atoms with E-state index in [2.05, 4.69) is 13.8 Å². The summed E-state index contributed by atoms with van der Waals surface area (Å²) in [7, 11) is 0. The molecule has 0 spiro atoms. The Bertz CT molecular complexity index is 346. The van der Waals surface area contributed by atoms with Gasteiger partial charge in [0.05, 0.1) is 12.7 Å². The SMILES string of the molecule is CCC(CC)COc1cc(F)ccc1C(C)O. The lowest BCUT2D eigenvalue weighted by Crippen LogP contribution is -2.11. The van der Waals surface area contributed by atoms with E-state index in [0.717, 1.165) is 12.8 Å². The second kappa shape index (κ2) is 6.60. The molecule has 1 aromatic rings. The summed E-state index contributed by atoms with van der Waals surface area (Å²) >= 11 is 0. The van der Waals surface area contributed by atoms with Crippen LogP contribution in [0.25, 0.3) is 0 Å². The van der Waals surface area contributed by atoms with E-state index < -0.39 is 6.10 Å². The Labute approximate surface area is 102 Å². The van der Waals surface area contributed by atoms with Crippen LogP contribution >= 0.6 is 0 Å². The summed E-state index contributed by atoms with van der Waals surface area (Å²) in [5.41, 5.74) is 0.636. The van der Waals surface area contributed by atoms with Crippen molar-refractivity contribution in [2.75, 3.05) is 6.61 Å². The van der Waals surface area contributed by atoms with Gasteiger partial charge in [0.25, 0.3) is 0 Å². The Hall–Kier alpha value is -1.09. The zero-order chi connectivity index (χ0) is 12.8. The molecule has 0 fully saturated rings. The van der Waals surface area contributed by atoms with Crippen LogP contribution in [0.1, 0.15) is 45.3 Å².